The summed E-state index contributed by atoms with van der Waals surface area (Å²) < 4.78 is 5.37. The molecular formula is C21H21ClO4. The predicted octanol–water partition coefficient (Wildman–Crippen LogP) is 5.43. The van der Waals surface area contributed by atoms with Crippen molar-refractivity contribution in [1.29, 1.82) is 0 Å². The van der Waals surface area contributed by atoms with E-state index in [2.05, 4.69) is 0 Å². The maximum atomic E-state index is 11.7. The van der Waals surface area contributed by atoms with E-state index in [0.29, 0.717) is 28.3 Å². The van der Waals surface area contributed by atoms with Crippen molar-refractivity contribution >= 4 is 29.7 Å². The predicted molar refractivity (Wildman–Crippen MR) is 105 cm³/mol. The molecular weight excluding hydrogens is 352 g/mol. The summed E-state index contributed by atoms with van der Waals surface area (Å²) in [4.78, 5) is 11.7. The molecule has 136 valence electrons. The monoisotopic (exact) mass is 372 g/mol. The lowest BCUT2D eigenvalue weighted by Gasteiger charge is -2.14. The van der Waals surface area contributed by atoms with Gasteiger partial charge in [0.15, 0.2) is 0 Å². The molecule has 0 saturated heterocycles. The first-order valence-electron chi connectivity index (χ1n) is 8.07. The number of halogens is 1. The van der Waals surface area contributed by atoms with Gasteiger partial charge in [-0.25, -0.2) is 4.79 Å². The highest BCUT2D eigenvalue weighted by Crippen LogP contribution is 2.36. The lowest BCUT2D eigenvalue weighted by atomic mass is 9.97. The Kier molecular flexibility index (Phi) is 6.47. The van der Waals surface area contributed by atoms with E-state index in [1.807, 2.05) is 38.1 Å². The Bertz CT molecular complexity index is 878. The summed E-state index contributed by atoms with van der Waals surface area (Å²) in [6, 6.07) is 8.84. The molecule has 2 N–H and O–H groups in total. The van der Waals surface area contributed by atoms with Gasteiger partial charge in [0.25, 0.3) is 0 Å². The van der Waals surface area contributed by atoms with Crippen LogP contribution >= 0.6 is 11.6 Å². The Morgan fingerprint density at radius 3 is 2.42 bits per heavy atom. The van der Waals surface area contributed by atoms with E-state index in [1.54, 1.807) is 24.3 Å². The van der Waals surface area contributed by atoms with Gasteiger partial charge in [0.2, 0.25) is 0 Å². The van der Waals surface area contributed by atoms with Crippen LogP contribution in [0, 0.1) is 0 Å². The highest BCUT2D eigenvalue weighted by Gasteiger charge is 2.21. The number of carboxylic acids is 1. The molecule has 0 aromatic heterocycles. The van der Waals surface area contributed by atoms with Gasteiger partial charge in [-0.1, -0.05) is 53.6 Å². The summed E-state index contributed by atoms with van der Waals surface area (Å²) in [6.45, 7) is 3.87. The Morgan fingerprint density at radius 1 is 1.19 bits per heavy atom. The van der Waals surface area contributed by atoms with Crippen LogP contribution in [-0.4, -0.2) is 23.3 Å². The topological polar surface area (TPSA) is 66.8 Å². The zero-order chi connectivity index (χ0) is 19.3. The average molecular weight is 373 g/mol. The number of carboxylic acid groups (broad SMARTS) is 1. The van der Waals surface area contributed by atoms with E-state index in [1.165, 1.54) is 7.11 Å². The fraction of sp³-hybridized carbons (Fsp3) is 0.190. The molecule has 5 heteroatoms. The molecule has 0 heterocycles. The van der Waals surface area contributed by atoms with Gasteiger partial charge in [-0.05, 0) is 43.5 Å². The molecule has 0 radical (unpaired) electrons. The molecule has 4 nitrogen and oxygen atoms in total. The number of allylic oxidation sites excluding steroid dienone is 2. The van der Waals surface area contributed by atoms with Crippen LogP contribution in [0.15, 0.2) is 42.0 Å². The quantitative estimate of drug-likeness (QED) is 0.524. The summed E-state index contributed by atoms with van der Waals surface area (Å²) in [5, 5.41) is 20.7. The van der Waals surface area contributed by atoms with Crippen LogP contribution in [0.2, 0.25) is 5.02 Å². The Labute approximate surface area is 158 Å². The third-order valence-electron chi connectivity index (χ3n) is 3.89. The third-order valence-corrected chi connectivity index (χ3v) is 4.24. The molecule has 0 fully saturated rings. The minimum atomic E-state index is -1.21. The lowest BCUT2D eigenvalue weighted by Crippen LogP contribution is -2.04. The number of methoxy groups -OCH3 is 1. The number of aromatic hydroxyl groups is 1. The molecule has 0 atom stereocenters. The number of carbonyl (C=O) groups is 1. The average Bonchev–Trinajstić information content (AvgIpc) is 2.59. The van der Waals surface area contributed by atoms with Crippen LogP contribution < -0.4 is 4.74 Å². The Balaban J connectivity index is 2.59. The number of phenols is 1. The van der Waals surface area contributed by atoms with E-state index >= 15 is 0 Å². The highest BCUT2D eigenvalue weighted by atomic mass is 35.5. The maximum absolute atomic E-state index is 11.7. The SMILES string of the molecule is COc1cc(C=Cc2ccccc2Cl)c(C(=O)O)c(O)c1CC=C(C)C. The second-order valence-electron chi connectivity index (χ2n) is 6.02. The Hall–Kier alpha value is -2.72. The minimum Gasteiger partial charge on any atom is -0.507 e. The smallest absolute Gasteiger partial charge is 0.340 e. The van der Waals surface area contributed by atoms with Crippen LogP contribution in [0.4, 0.5) is 0 Å². The van der Waals surface area contributed by atoms with Crippen molar-refractivity contribution in [2.75, 3.05) is 7.11 Å². The van der Waals surface area contributed by atoms with E-state index < -0.39 is 5.97 Å². The van der Waals surface area contributed by atoms with Crippen molar-refractivity contribution in [3.8, 4) is 11.5 Å². The summed E-state index contributed by atoms with van der Waals surface area (Å²) in [5.74, 6) is -1.06. The van der Waals surface area contributed by atoms with Crippen molar-refractivity contribution in [3.63, 3.8) is 0 Å². The third kappa shape index (κ3) is 4.46. The minimum absolute atomic E-state index is 0.161. The molecule has 0 aliphatic carbocycles. The first kappa shape index (κ1) is 19.6. The van der Waals surface area contributed by atoms with Gasteiger partial charge in [-0.15, -0.1) is 0 Å². The van der Waals surface area contributed by atoms with Gasteiger partial charge < -0.3 is 14.9 Å². The standard InChI is InChI=1S/C21H21ClO4/c1-13(2)8-11-16-18(26-3)12-15(19(20(16)23)21(24)25)10-9-14-6-4-5-7-17(14)22/h4-10,12,23H,11H2,1-3H3,(H,24,25). The van der Waals surface area contributed by atoms with Crippen LogP contribution in [0.5, 0.6) is 11.5 Å². The van der Waals surface area contributed by atoms with Crippen molar-refractivity contribution < 1.29 is 19.7 Å². The first-order chi connectivity index (χ1) is 12.3. The fourth-order valence-corrected chi connectivity index (χ4v) is 2.74. The van der Waals surface area contributed by atoms with E-state index in [-0.39, 0.29) is 11.3 Å². The molecule has 0 unspecified atom stereocenters. The molecule has 0 spiro atoms. The van der Waals surface area contributed by atoms with Crippen LogP contribution in [0.1, 0.15) is 40.9 Å². The number of ether oxygens (including phenoxy) is 1. The Morgan fingerprint density at radius 2 is 1.85 bits per heavy atom. The molecule has 2 aromatic rings. The molecule has 26 heavy (non-hydrogen) atoms. The molecule has 2 rings (SSSR count). The number of hydrogen-bond donors (Lipinski definition) is 2. The van der Waals surface area contributed by atoms with E-state index in [9.17, 15) is 15.0 Å². The molecule has 0 bridgehead atoms. The van der Waals surface area contributed by atoms with Gasteiger partial charge in [0.05, 0.1) is 7.11 Å². The van der Waals surface area contributed by atoms with Crippen molar-refractivity contribution in [2.45, 2.75) is 20.3 Å². The summed E-state index contributed by atoms with van der Waals surface area (Å²) in [5.41, 5.74) is 2.43. The number of aromatic carboxylic acids is 1. The van der Waals surface area contributed by atoms with Crippen LogP contribution in [0.3, 0.4) is 0 Å². The summed E-state index contributed by atoms with van der Waals surface area (Å²) in [7, 11) is 1.49. The van der Waals surface area contributed by atoms with Crippen molar-refractivity contribution in [1.82, 2.24) is 0 Å². The second kappa shape index (κ2) is 8.59. The number of hydrogen-bond acceptors (Lipinski definition) is 3. The van der Waals surface area contributed by atoms with E-state index in [4.69, 9.17) is 16.3 Å². The summed E-state index contributed by atoms with van der Waals surface area (Å²) in [6.07, 6.45) is 5.60. The fourth-order valence-electron chi connectivity index (χ4n) is 2.54. The van der Waals surface area contributed by atoms with Crippen molar-refractivity contribution in [2.24, 2.45) is 0 Å². The number of benzene rings is 2. The van der Waals surface area contributed by atoms with Crippen LogP contribution in [-0.2, 0) is 6.42 Å². The van der Waals surface area contributed by atoms with E-state index in [0.717, 1.165) is 11.1 Å². The molecule has 0 saturated carbocycles. The molecule has 0 amide bonds. The van der Waals surface area contributed by atoms with Gasteiger partial charge in [-0.2, -0.15) is 0 Å². The van der Waals surface area contributed by atoms with Crippen molar-refractivity contribution in [3.05, 3.63) is 69.3 Å². The molecule has 0 aliphatic heterocycles. The van der Waals surface area contributed by atoms with Gasteiger partial charge >= 0.3 is 5.97 Å². The normalized spacial score (nSPS) is 10.8. The largest absolute Gasteiger partial charge is 0.507 e. The lowest BCUT2D eigenvalue weighted by molar-refractivity contribution is 0.0693. The highest BCUT2D eigenvalue weighted by molar-refractivity contribution is 6.32. The van der Waals surface area contributed by atoms with Crippen LogP contribution in [0.25, 0.3) is 12.2 Å². The molecule has 2 aromatic carbocycles. The second-order valence-corrected chi connectivity index (χ2v) is 6.42. The number of rotatable bonds is 6. The van der Waals surface area contributed by atoms with Gasteiger partial charge in [0, 0.05) is 10.6 Å². The maximum Gasteiger partial charge on any atom is 0.340 e. The van der Waals surface area contributed by atoms with Gasteiger partial charge in [0.1, 0.15) is 17.1 Å². The van der Waals surface area contributed by atoms with Gasteiger partial charge in [-0.3, -0.25) is 0 Å². The summed E-state index contributed by atoms with van der Waals surface area (Å²) >= 11 is 6.13. The molecule has 0 aliphatic rings. The first-order valence-corrected chi connectivity index (χ1v) is 8.45. The zero-order valence-corrected chi connectivity index (χ0v) is 15.7. The zero-order valence-electron chi connectivity index (χ0n) is 14.9.